The van der Waals surface area contributed by atoms with Gasteiger partial charge < -0.3 is 5.11 Å². The lowest BCUT2D eigenvalue weighted by molar-refractivity contribution is 0.0642. The number of carbonyl (C=O) groups excluding carboxylic acids is 2. The molecule has 254 valence electrons. The van der Waals surface area contributed by atoms with Crippen molar-refractivity contribution >= 4 is 11.8 Å². The van der Waals surface area contributed by atoms with Crippen molar-refractivity contribution in [2.24, 2.45) is 0 Å². The Hall–Kier alpha value is -6.10. The summed E-state index contributed by atoms with van der Waals surface area (Å²) >= 11 is 0. The number of hydrogen-bond donors (Lipinski definition) is 1. The molecule has 10 heteroatoms. The van der Waals surface area contributed by atoms with Crippen LogP contribution in [0, 0.1) is 0 Å². The third-order valence-corrected chi connectivity index (χ3v) is 8.78. The van der Waals surface area contributed by atoms with Crippen LogP contribution in [0.3, 0.4) is 0 Å². The first-order valence-electron chi connectivity index (χ1n) is 16.8. The van der Waals surface area contributed by atoms with Crippen LogP contribution in [0.5, 0.6) is 5.75 Å². The number of phenolic OH excluding ortho intramolecular Hbond substituents is 1. The molecule has 0 radical (unpaired) electrons. The summed E-state index contributed by atoms with van der Waals surface area (Å²) in [4.78, 5) is 50.7. The third-order valence-electron chi connectivity index (χ3n) is 8.78. The van der Waals surface area contributed by atoms with Gasteiger partial charge >= 0.3 is 0 Å². The normalized spacial score (nSPS) is 12.5. The molecule has 4 aromatic heterocycles. The summed E-state index contributed by atoms with van der Waals surface area (Å²) in [7, 11) is 0. The van der Waals surface area contributed by atoms with Crippen LogP contribution < -0.4 is 0 Å². The fourth-order valence-corrected chi connectivity index (χ4v) is 6.43. The summed E-state index contributed by atoms with van der Waals surface area (Å²) in [5.74, 6) is -0.503. The van der Waals surface area contributed by atoms with Gasteiger partial charge in [-0.25, -0.2) is 0 Å². The molecule has 0 bridgehead atoms. The number of aromatic hydroxyl groups is 1. The first kappa shape index (κ1) is 33.4. The molecular formula is C41H37N7O3. The van der Waals surface area contributed by atoms with Crippen LogP contribution in [-0.4, -0.2) is 51.6 Å². The van der Waals surface area contributed by atoms with Gasteiger partial charge in [-0.05, 0) is 78.4 Å². The highest BCUT2D eigenvalue weighted by Crippen LogP contribution is 2.31. The Bertz CT molecular complexity index is 1870. The van der Waals surface area contributed by atoms with Crippen molar-refractivity contribution < 1.29 is 14.7 Å². The van der Waals surface area contributed by atoms with Gasteiger partial charge in [0.05, 0.1) is 40.4 Å². The lowest BCUT2D eigenvalue weighted by Crippen LogP contribution is -2.29. The molecule has 1 N–H and O–H groups in total. The summed E-state index contributed by atoms with van der Waals surface area (Å²) in [6.45, 7) is 2.85. The molecule has 0 aliphatic carbocycles. The summed E-state index contributed by atoms with van der Waals surface area (Å²) in [5.41, 5.74) is 6.40. The predicted octanol–water partition coefficient (Wildman–Crippen LogP) is 6.17. The topological polar surface area (TPSA) is 116 Å². The second kappa shape index (κ2) is 15.6. The van der Waals surface area contributed by atoms with E-state index in [0.717, 1.165) is 28.3 Å². The minimum atomic E-state index is -0.328. The molecule has 6 aromatic rings. The van der Waals surface area contributed by atoms with E-state index >= 15 is 0 Å². The molecule has 1 aliphatic heterocycles. The van der Waals surface area contributed by atoms with Crippen LogP contribution in [0.2, 0.25) is 0 Å². The number of imide groups is 1. The summed E-state index contributed by atoms with van der Waals surface area (Å²) in [6, 6.07) is 33.9. The molecule has 51 heavy (non-hydrogen) atoms. The van der Waals surface area contributed by atoms with Gasteiger partial charge in [0.2, 0.25) is 0 Å². The number of phenols is 1. The van der Waals surface area contributed by atoms with E-state index in [1.165, 1.54) is 4.90 Å². The van der Waals surface area contributed by atoms with Crippen LogP contribution in [0.4, 0.5) is 0 Å². The number of amides is 2. The Morgan fingerprint density at radius 1 is 0.490 bits per heavy atom. The van der Waals surface area contributed by atoms with Crippen LogP contribution in [-0.2, 0) is 45.8 Å². The molecule has 10 nitrogen and oxygen atoms in total. The van der Waals surface area contributed by atoms with Gasteiger partial charge in [0, 0.05) is 75.2 Å². The first-order valence-corrected chi connectivity index (χ1v) is 16.8. The number of nitrogens with zero attached hydrogens (tertiary/aromatic N) is 7. The Kier molecular flexibility index (Phi) is 10.2. The van der Waals surface area contributed by atoms with Gasteiger partial charge in [-0.2, -0.15) is 0 Å². The maximum Gasteiger partial charge on any atom is 0.261 e. The maximum absolute atomic E-state index is 13.4. The fraction of sp³-hybridized carbons (Fsp3) is 0.171. The molecule has 0 saturated heterocycles. The monoisotopic (exact) mass is 675 g/mol. The van der Waals surface area contributed by atoms with Crippen molar-refractivity contribution in [1.82, 2.24) is 34.6 Å². The zero-order valence-electron chi connectivity index (χ0n) is 28.0. The number of fused-ring (bicyclic) bond motifs is 1. The standard InChI is InChI=1S/C41H37N7O3/c49-39-31(24-46(26-33-11-3-7-17-42-33)27-34-12-4-8-18-43-34)21-30(23-48-40(50)37-15-1-2-16-38(37)41(48)51)22-32(39)25-47(28-35-13-5-9-19-44-35)29-36-14-6-10-20-45-36/h1-22,49H,23-29H2. The molecule has 1 aliphatic rings. The van der Waals surface area contributed by atoms with Crippen LogP contribution in [0.15, 0.2) is 134 Å². The van der Waals surface area contributed by atoms with Crippen molar-refractivity contribution in [3.63, 3.8) is 0 Å². The van der Waals surface area contributed by atoms with Gasteiger partial charge in [-0.1, -0.05) is 36.4 Å². The van der Waals surface area contributed by atoms with E-state index in [0.29, 0.717) is 61.5 Å². The Morgan fingerprint density at radius 2 is 0.843 bits per heavy atom. The van der Waals surface area contributed by atoms with Crippen molar-refractivity contribution in [1.29, 1.82) is 0 Å². The molecule has 2 amide bonds. The van der Waals surface area contributed by atoms with Crippen molar-refractivity contribution in [3.05, 3.63) is 185 Å². The average Bonchev–Trinajstić information content (AvgIpc) is 3.39. The summed E-state index contributed by atoms with van der Waals surface area (Å²) in [5, 5.41) is 12.0. The van der Waals surface area contributed by atoms with E-state index in [1.807, 2.05) is 84.9 Å². The second-order valence-electron chi connectivity index (χ2n) is 12.6. The molecule has 0 unspecified atom stereocenters. The largest absolute Gasteiger partial charge is 0.507 e. The highest BCUT2D eigenvalue weighted by Gasteiger charge is 2.35. The Balaban J connectivity index is 1.25. The molecule has 0 fully saturated rings. The van der Waals surface area contributed by atoms with Crippen molar-refractivity contribution in [2.45, 2.75) is 45.8 Å². The van der Waals surface area contributed by atoms with E-state index in [-0.39, 0.29) is 24.1 Å². The van der Waals surface area contributed by atoms with Crippen LogP contribution >= 0.6 is 0 Å². The number of aromatic nitrogens is 4. The molecule has 0 saturated carbocycles. The number of pyridine rings is 4. The lowest BCUT2D eigenvalue weighted by atomic mass is 10.0. The molecular weight excluding hydrogens is 638 g/mol. The molecule has 5 heterocycles. The molecule has 2 aromatic carbocycles. The van der Waals surface area contributed by atoms with Gasteiger partial charge in [0.25, 0.3) is 11.8 Å². The van der Waals surface area contributed by atoms with Gasteiger partial charge in [-0.3, -0.25) is 44.2 Å². The number of rotatable bonds is 14. The number of carbonyl (C=O) groups is 2. The van der Waals surface area contributed by atoms with E-state index in [4.69, 9.17) is 0 Å². The minimum absolute atomic E-state index is 0.0631. The number of benzene rings is 2. The predicted molar refractivity (Wildman–Crippen MR) is 192 cm³/mol. The van der Waals surface area contributed by atoms with Crippen LogP contribution in [0.25, 0.3) is 0 Å². The molecule has 0 spiro atoms. The van der Waals surface area contributed by atoms with Crippen molar-refractivity contribution in [2.75, 3.05) is 0 Å². The molecule has 7 rings (SSSR count). The molecule has 0 atom stereocenters. The number of hydrogen-bond acceptors (Lipinski definition) is 9. The fourth-order valence-electron chi connectivity index (χ4n) is 6.43. The Labute approximate surface area is 296 Å². The zero-order valence-corrected chi connectivity index (χ0v) is 28.0. The van der Waals surface area contributed by atoms with Gasteiger partial charge in [0.1, 0.15) is 5.75 Å². The highest BCUT2D eigenvalue weighted by atomic mass is 16.3. The zero-order chi connectivity index (χ0) is 35.0. The van der Waals surface area contributed by atoms with E-state index < -0.39 is 0 Å². The SMILES string of the molecule is O=C1c2ccccc2C(=O)N1Cc1cc(CN(Cc2ccccn2)Cc2ccccn2)c(O)c(CN(Cc2ccccn2)Cc2ccccn2)c1. The van der Waals surface area contributed by atoms with Crippen LogP contribution in [0.1, 0.15) is 60.2 Å². The van der Waals surface area contributed by atoms with Gasteiger partial charge in [-0.15, -0.1) is 0 Å². The second-order valence-corrected chi connectivity index (χ2v) is 12.6. The van der Waals surface area contributed by atoms with E-state index in [1.54, 1.807) is 49.1 Å². The van der Waals surface area contributed by atoms with E-state index in [9.17, 15) is 14.7 Å². The smallest absolute Gasteiger partial charge is 0.261 e. The van der Waals surface area contributed by atoms with Gasteiger partial charge in [0.15, 0.2) is 0 Å². The average molecular weight is 676 g/mol. The maximum atomic E-state index is 13.4. The Morgan fingerprint density at radius 3 is 1.18 bits per heavy atom. The summed E-state index contributed by atoms with van der Waals surface area (Å²) in [6.07, 6.45) is 7.07. The van der Waals surface area contributed by atoms with Crippen molar-refractivity contribution in [3.8, 4) is 5.75 Å². The first-order chi connectivity index (χ1) is 25.0. The minimum Gasteiger partial charge on any atom is -0.507 e. The summed E-state index contributed by atoms with van der Waals surface area (Å²) < 4.78 is 0. The third kappa shape index (κ3) is 8.21. The lowest BCUT2D eigenvalue weighted by Gasteiger charge is -2.26. The highest BCUT2D eigenvalue weighted by molar-refractivity contribution is 6.21. The van der Waals surface area contributed by atoms with E-state index in [2.05, 4.69) is 29.7 Å². The quantitative estimate of drug-likeness (QED) is 0.135.